The highest BCUT2D eigenvalue weighted by Crippen LogP contribution is 2.32. The molecule has 1 saturated heterocycles. The molecule has 3 rings (SSSR count). The lowest BCUT2D eigenvalue weighted by atomic mass is 10.2. The third kappa shape index (κ3) is 3.73. The number of aryl methyl sites for hydroxylation is 1. The van der Waals surface area contributed by atoms with Crippen molar-refractivity contribution in [3.8, 4) is 0 Å². The Hall–Kier alpha value is -1.61. The third-order valence-electron chi connectivity index (χ3n) is 4.25. The quantitative estimate of drug-likeness (QED) is 0.824. The molecule has 0 aliphatic carbocycles. The smallest absolute Gasteiger partial charge is 0.264 e. The van der Waals surface area contributed by atoms with Gasteiger partial charge in [-0.1, -0.05) is 29.3 Å². The zero-order chi connectivity index (χ0) is 19.1. The van der Waals surface area contributed by atoms with Crippen LogP contribution in [-0.2, 0) is 19.9 Å². The van der Waals surface area contributed by atoms with Crippen LogP contribution in [0.15, 0.2) is 53.4 Å². The van der Waals surface area contributed by atoms with Crippen LogP contribution >= 0.6 is 11.6 Å². The summed E-state index contributed by atoms with van der Waals surface area (Å²) in [6.07, 6.45) is -1.31. The van der Waals surface area contributed by atoms with Crippen LogP contribution in [0.4, 0.5) is 5.69 Å². The molecule has 9 heteroatoms. The first kappa shape index (κ1) is 19.2. The fourth-order valence-corrected chi connectivity index (χ4v) is 6.62. The molecule has 2 aromatic carbocycles. The highest BCUT2D eigenvalue weighted by molar-refractivity contribution is 7.93. The molecule has 1 fully saturated rings. The Morgan fingerprint density at radius 3 is 2.12 bits per heavy atom. The van der Waals surface area contributed by atoms with Crippen molar-refractivity contribution in [1.29, 1.82) is 0 Å². The van der Waals surface area contributed by atoms with Crippen LogP contribution in [0, 0.1) is 6.92 Å². The molecular formula is C17H18ClNO5S2. The molecule has 0 radical (unpaired) electrons. The molecule has 2 atom stereocenters. The summed E-state index contributed by atoms with van der Waals surface area (Å²) in [6.45, 7) is 1.83. The van der Waals surface area contributed by atoms with E-state index in [2.05, 4.69) is 0 Å². The molecule has 0 spiro atoms. The molecule has 26 heavy (non-hydrogen) atoms. The second kappa shape index (κ2) is 6.84. The normalized spacial score (nSPS) is 22.3. The summed E-state index contributed by atoms with van der Waals surface area (Å²) in [5.41, 5.74) is 1.14. The van der Waals surface area contributed by atoms with Gasteiger partial charge in [-0.3, -0.25) is 4.31 Å². The number of rotatable bonds is 4. The van der Waals surface area contributed by atoms with Crippen molar-refractivity contribution in [3.63, 3.8) is 0 Å². The molecule has 0 aromatic heterocycles. The van der Waals surface area contributed by atoms with Gasteiger partial charge in [-0.15, -0.1) is 0 Å². The Morgan fingerprint density at radius 2 is 1.62 bits per heavy atom. The number of hydrogen-bond donors (Lipinski definition) is 1. The second-order valence-electron chi connectivity index (χ2n) is 6.30. The molecule has 1 N–H and O–H groups in total. The Kier molecular flexibility index (Phi) is 5.04. The van der Waals surface area contributed by atoms with E-state index in [1.807, 2.05) is 6.92 Å². The first-order chi connectivity index (χ1) is 12.1. The van der Waals surface area contributed by atoms with Crippen molar-refractivity contribution in [2.75, 3.05) is 15.8 Å². The third-order valence-corrected chi connectivity index (χ3v) is 8.07. The lowest BCUT2D eigenvalue weighted by molar-refractivity contribution is 0.184. The Morgan fingerprint density at radius 1 is 1.04 bits per heavy atom. The maximum Gasteiger partial charge on any atom is 0.264 e. The predicted octanol–water partition coefficient (Wildman–Crippen LogP) is 2.00. The van der Waals surface area contributed by atoms with Crippen molar-refractivity contribution >= 4 is 37.1 Å². The first-order valence-electron chi connectivity index (χ1n) is 7.85. The lowest BCUT2D eigenvalue weighted by Gasteiger charge is -2.31. The molecule has 6 nitrogen and oxygen atoms in total. The van der Waals surface area contributed by atoms with E-state index < -0.39 is 43.5 Å². The van der Waals surface area contributed by atoms with E-state index >= 15 is 0 Å². The van der Waals surface area contributed by atoms with Gasteiger partial charge in [-0.2, -0.15) is 0 Å². The number of benzene rings is 2. The Balaban J connectivity index is 2.14. The zero-order valence-corrected chi connectivity index (χ0v) is 16.3. The lowest BCUT2D eigenvalue weighted by Crippen LogP contribution is -2.47. The number of halogens is 1. The first-order valence-corrected chi connectivity index (χ1v) is 11.5. The number of aliphatic hydroxyl groups excluding tert-OH is 1. The number of hydrogen-bond acceptors (Lipinski definition) is 5. The van der Waals surface area contributed by atoms with Crippen LogP contribution in [0.25, 0.3) is 0 Å². The molecule has 1 heterocycles. The minimum atomic E-state index is -4.08. The van der Waals surface area contributed by atoms with Gasteiger partial charge in [-0.05, 0) is 43.3 Å². The Labute approximate surface area is 158 Å². The zero-order valence-electron chi connectivity index (χ0n) is 13.9. The van der Waals surface area contributed by atoms with E-state index in [9.17, 15) is 21.9 Å². The fraction of sp³-hybridized carbons (Fsp3) is 0.294. The van der Waals surface area contributed by atoms with Gasteiger partial charge < -0.3 is 5.11 Å². The predicted molar refractivity (Wildman–Crippen MR) is 101 cm³/mol. The molecule has 1 aliphatic rings. The van der Waals surface area contributed by atoms with Gasteiger partial charge in [0, 0.05) is 5.02 Å². The van der Waals surface area contributed by atoms with E-state index in [1.54, 1.807) is 12.1 Å². The maximum atomic E-state index is 13.3. The molecule has 0 amide bonds. The molecule has 1 aliphatic heterocycles. The number of sulfone groups is 1. The van der Waals surface area contributed by atoms with Crippen molar-refractivity contribution < 1.29 is 21.9 Å². The summed E-state index contributed by atoms with van der Waals surface area (Å²) in [7, 11) is -7.62. The van der Waals surface area contributed by atoms with Crippen LogP contribution in [0.3, 0.4) is 0 Å². The Bertz CT molecular complexity index is 1000. The number of sulfonamides is 1. The van der Waals surface area contributed by atoms with Crippen LogP contribution in [0.5, 0.6) is 0 Å². The molecular weight excluding hydrogens is 398 g/mol. The summed E-state index contributed by atoms with van der Waals surface area (Å²) >= 11 is 5.89. The summed E-state index contributed by atoms with van der Waals surface area (Å²) in [4.78, 5) is 0.0227. The number of anilines is 1. The fourth-order valence-electron chi connectivity index (χ4n) is 2.95. The van der Waals surface area contributed by atoms with Crippen molar-refractivity contribution in [3.05, 3.63) is 59.1 Å². The maximum absolute atomic E-state index is 13.3. The highest BCUT2D eigenvalue weighted by atomic mass is 35.5. The minimum Gasteiger partial charge on any atom is -0.390 e. The highest BCUT2D eigenvalue weighted by Gasteiger charge is 2.45. The van der Waals surface area contributed by atoms with Crippen molar-refractivity contribution in [2.45, 2.75) is 24.0 Å². The molecule has 140 valence electrons. The van der Waals surface area contributed by atoms with Crippen LogP contribution in [0.1, 0.15) is 5.56 Å². The molecule has 2 unspecified atom stereocenters. The SMILES string of the molecule is Cc1ccc(S(=O)(=O)N(c2ccc(Cl)cc2)C2CS(=O)(=O)CC2O)cc1. The van der Waals surface area contributed by atoms with Gasteiger partial charge in [0.15, 0.2) is 9.84 Å². The van der Waals surface area contributed by atoms with E-state index in [4.69, 9.17) is 11.6 Å². The monoisotopic (exact) mass is 415 g/mol. The van der Waals surface area contributed by atoms with Gasteiger partial charge in [0.05, 0.1) is 34.2 Å². The summed E-state index contributed by atoms with van der Waals surface area (Å²) in [5.74, 6) is -0.910. The van der Waals surface area contributed by atoms with E-state index in [1.165, 1.54) is 36.4 Å². The average Bonchev–Trinajstić information content (AvgIpc) is 2.82. The molecule has 2 aromatic rings. The van der Waals surface area contributed by atoms with Crippen molar-refractivity contribution in [1.82, 2.24) is 0 Å². The van der Waals surface area contributed by atoms with Crippen LogP contribution in [0.2, 0.25) is 5.02 Å². The standard InChI is InChI=1S/C17H18ClNO5S2/c1-12-2-8-15(9-3-12)26(23,24)19(14-6-4-13(18)5-7-14)16-10-25(21,22)11-17(16)20/h2-9,16-17,20H,10-11H2,1H3. The minimum absolute atomic E-state index is 0.0227. The number of aliphatic hydroxyl groups is 1. The summed E-state index contributed by atoms with van der Waals surface area (Å²) in [5, 5.41) is 10.7. The van der Waals surface area contributed by atoms with E-state index in [-0.39, 0.29) is 10.6 Å². The van der Waals surface area contributed by atoms with Gasteiger partial charge in [0.2, 0.25) is 0 Å². The second-order valence-corrected chi connectivity index (χ2v) is 10.7. The summed E-state index contributed by atoms with van der Waals surface area (Å²) < 4.78 is 51.4. The largest absolute Gasteiger partial charge is 0.390 e. The molecule has 0 saturated carbocycles. The van der Waals surface area contributed by atoms with Gasteiger partial charge in [-0.25, -0.2) is 16.8 Å². The summed E-state index contributed by atoms with van der Waals surface area (Å²) in [6, 6.07) is 11.2. The average molecular weight is 416 g/mol. The van der Waals surface area contributed by atoms with E-state index in [0.717, 1.165) is 9.87 Å². The van der Waals surface area contributed by atoms with Crippen molar-refractivity contribution in [2.24, 2.45) is 0 Å². The van der Waals surface area contributed by atoms with E-state index in [0.29, 0.717) is 5.02 Å². The van der Waals surface area contributed by atoms with Crippen LogP contribution < -0.4 is 4.31 Å². The van der Waals surface area contributed by atoms with Gasteiger partial charge in [0.1, 0.15) is 0 Å². The molecule has 0 bridgehead atoms. The number of nitrogens with zero attached hydrogens (tertiary/aromatic N) is 1. The topological polar surface area (TPSA) is 91.8 Å². The van der Waals surface area contributed by atoms with Gasteiger partial charge in [0.25, 0.3) is 10.0 Å². The van der Waals surface area contributed by atoms with Crippen LogP contribution in [-0.4, -0.2) is 45.6 Å². The van der Waals surface area contributed by atoms with Gasteiger partial charge >= 0.3 is 0 Å².